The van der Waals surface area contributed by atoms with Crippen molar-refractivity contribution in [3.8, 4) is 11.3 Å². The second-order valence-corrected chi connectivity index (χ2v) is 18.0. The summed E-state index contributed by atoms with van der Waals surface area (Å²) in [5.74, 6) is 0.531. The molecule has 174 valence electrons. The maximum absolute atomic E-state index is 4.97. The fraction of sp³-hybridized carbons (Fsp3) is 0.323. The molecule has 0 fully saturated rings. The lowest BCUT2D eigenvalue weighted by Gasteiger charge is -2.24. The van der Waals surface area contributed by atoms with Crippen molar-refractivity contribution in [2.75, 3.05) is 0 Å². The summed E-state index contributed by atoms with van der Waals surface area (Å²) < 4.78 is 2.79. The van der Waals surface area contributed by atoms with E-state index in [-0.39, 0.29) is 5.41 Å². The van der Waals surface area contributed by atoms with E-state index in [0.29, 0.717) is 5.92 Å². The lowest BCUT2D eigenvalue weighted by atomic mass is 9.82. The Labute approximate surface area is 208 Å². The molecular formula is C31H35NSSi. The van der Waals surface area contributed by atoms with E-state index in [1.54, 1.807) is 5.19 Å². The molecule has 34 heavy (non-hydrogen) atoms. The highest BCUT2D eigenvalue weighted by molar-refractivity contribution is 7.28. The molecule has 0 amide bonds. The molecule has 0 saturated carbocycles. The Hall–Kier alpha value is -2.49. The van der Waals surface area contributed by atoms with E-state index >= 15 is 0 Å². The topological polar surface area (TPSA) is 12.9 Å². The second-order valence-electron chi connectivity index (χ2n) is 11.9. The molecule has 0 aliphatic rings. The Bertz CT molecular complexity index is 1540. The van der Waals surface area contributed by atoms with E-state index < -0.39 is 8.07 Å². The molecule has 0 atom stereocenters. The summed E-state index contributed by atoms with van der Waals surface area (Å²) in [5, 5.41) is 6.98. The molecule has 0 saturated heterocycles. The summed E-state index contributed by atoms with van der Waals surface area (Å²) in [5.41, 5.74) is 5.29. The van der Waals surface area contributed by atoms with Crippen LogP contribution in [0.3, 0.4) is 0 Å². The van der Waals surface area contributed by atoms with Crippen molar-refractivity contribution in [1.82, 2.24) is 4.98 Å². The largest absolute Gasteiger partial charge is 0.255 e. The van der Waals surface area contributed by atoms with Crippen molar-refractivity contribution in [3.05, 3.63) is 71.9 Å². The normalized spacial score (nSPS) is 13.0. The molecule has 2 aromatic heterocycles. The molecule has 0 aliphatic carbocycles. The first-order chi connectivity index (χ1) is 16.0. The zero-order valence-electron chi connectivity index (χ0n) is 21.7. The van der Waals surface area contributed by atoms with Crippen LogP contribution in [0, 0.1) is 0 Å². The van der Waals surface area contributed by atoms with Crippen molar-refractivity contribution < 1.29 is 0 Å². The third-order valence-electron chi connectivity index (χ3n) is 6.90. The van der Waals surface area contributed by atoms with Crippen LogP contribution in [-0.4, -0.2) is 13.1 Å². The number of hydrogen-bond donors (Lipinski definition) is 0. The van der Waals surface area contributed by atoms with Crippen molar-refractivity contribution in [2.45, 2.75) is 65.6 Å². The summed E-state index contributed by atoms with van der Waals surface area (Å²) in [7, 11) is -1.54. The van der Waals surface area contributed by atoms with E-state index in [9.17, 15) is 0 Å². The molecule has 0 spiro atoms. The summed E-state index contributed by atoms with van der Waals surface area (Å²) >= 11 is 1.96. The van der Waals surface area contributed by atoms with E-state index in [1.165, 1.54) is 47.6 Å². The minimum atomic E-state index is -1.54. The quantitative estimate of drug-likeness (QED) is 0.234. The molecule has 0 radical (unpaired) electrons. The average Bonchev–Trinajstić information content (AvgIpc) is 3.14. The maximum atomic E-state index is 4.97. The fourth-order valence-electron chi connectivity index (χ4n) is 5.31. The molecule has 5 aromatic rings. The Morgan fingerprint density at radius 1 is 0.824 bits per heavy atom. The van der Waals surface area contributed by atoms with Crippen LogP contribution in [-0.2, 0) is 5.41 Å². The van der Waals surface area contributed by atoms with Crippen molar-refractivity contribution in [2.24, 2.45) is 0 Å². The number of fused-ring (bicyclic) bond motifs is 4. The highest BCUT2D eigenvalue weighted by Crippen LogP contribution is 2.42. The predicted octanol–water partition coefficient (Wildman–Crippen LogP) is 9.24. The van der Waals surface area contributed by atoms with E-state index in [4.69, 9.17) is 4.98 Å². The fourth-order valence-corrected chi connectivity index (χ4v) is 9.70. The van der Waals surface area contributed by atoms with Gasteiger partial charge in [0.2, 0.25) is 0 Å². The first kappa shape index (κ1) is 23.3. The van der Waals surface area contributed by atoms with Crippen LogP contribution in [0.2, 0.25) is 19.6 Å². The highest BCUT2D eigenvalue weighted by atomic mass is 32.1. The van der Waals surface area contributed by atoms with Crippen LogP contribution in [0.5, 0.6) is 0 Å². The van der Waals surface area contributed by atoms with Gasteiger partial charge in [-0.15, -0.1) is 11.3 Å². The van der Waals surface area contributed by atoms with Gasteiger partial charge in [0.25, 0.3) is 0 Å². The second kappa shape index (κ2) is 8.03. The van der Waals surface area contributed by atoms with Gasteiger partial charge in [0, 0.05) is 27.2 Å². The summed E-state index contributed by atoms with van der Waals surface area (Å²) in [4.78, 5) is 4.97. The lowest BCUT2D eigenvalue weighted by Crippen LogP contribution is -2.40. The molecule has 5 rings (SSSR count). The first-order valence-electron chi connectivity index (χ1n) is 12.3. The standard InChI is InChI=1S/C31H35NSSi/c1-19(2)22-13-14-24-25-15-16-32-27(28(25)33-29(24)30(22)34(6,7)8)21-17-20-11-9-10-12-23(20)26(18-21)31(3,4)5/h9-19H,1-8H3. The Balaban J connectivity index is 1.86. The van der Waals surface area contributed by atoms with Gasteiger partial charge in [-0.3, -0.25) is 4.98 Å². The van der Waals surface area contributed by atoms with Gasteiger partial charge in [-0.2, -0.15) is 0 Å². The molecular weight excluding hydrogens is 447 g/mol. The van der Waals surface area contributed by atoms with Gasteiger partial charge in [-0.1, -0.05) is 90.7 Å². The van der Waals surface area contributed by atoms with Crippen molar-refractivity contribution in [1.29, 1.82) is 0 Å². The molecule has 0 N–H and O–H groups in total. The zero-order valence-corrected chi connectivity index (χ0v) is 23.5. The summed E-state index contributed by atoms with van der Waals surface area (Å²) in [6.07, 6.45) is 2.00. The Morgan fingerprint density at radius 3 is 2.21 bits per heavy atom. The van der Waals surface area contributed by atoms with Gasteiger partial charge < -0.3 is 0 Å². The number of nitrogens with zero attached hydrogens (tertiary/aromatic N) is 1. The first-order valence-corrected chi connectivity index (χ1v) is 16.7. The SMILES string of the molecule is CC(C)c1ccc2c(sc3c(-c4cc(C(C)(C)C)c5ccccc5c4)nccc32)c1[Si](C)(C)C. The van der Waals surface area contributed by atoms with Gasteiger partial charge in [-0.25, -0.2) is 0 Å². The van der Waals surface area contributed by atoms with E-state index in [2.05, 4.69) is 109 Å². The van der Waals surface area contributed by atoms with Crippen LogP contribution >= 0.6 is 11.3 Å². The predicted molar refractivity (Wildman–Crippen MR) is 156 cm³/mol. The van der Waals surface area contributed by atoms with Crippen LogP contribution in [0.15, 0.2) is 60.8 Å². The summed E-state index contributed by atoms with van der Waals surface area (Å²) in [6.45, 7) is 19.0. The van der Waals surface area contributed by atoms with Crippen LogP contribution in [0.1, 0.15) is 51.7 Å². The Morgan fingerprint density at radius 2 is 1.53 bits per heavy atom. The number of aromatic nitrogens is 1. The number of pyridine rings is 1. The van der Waals surface area contributed by atoms with Crippen LogP contribution < -0.4 is 5.19 Å². The number of rotatable bonds is 3. The van der Waals surface area contributed by atoms with Gasteiger partial charge in [0.05, 0.1) is 18.5 Å². The number of benzene rings is 3. The minimum absolute atomic E-state index is 0.0564. The monoisotopic (exact) mass is 481 g/mol. The van der Waals surface area contributed by atoms with Crippen LogP contribution in [0.25, 0.3) is 42.2 Å². The van der Waals surface area contributed by atoms with Crippen LogP contribution in [0.4, 0.5) is 0 Å². The molecule has 0 bridgehead atoms. The third kappa shape index (κ3) is 3.79. The minimum Gasteiger partial charge on any atom is -0.255 e. The third-order valence-corrected chi connectivity index (χ3v) is 10.4. The smallest absolute Gasteiger partial charge is 0.0880 e. The van der Waals surface area contributed by atoms with E-state index in [0.717, 1.165) is 5.69 Å². The number of thiophene rings is 1. The van der Waals surface area contributed by atoms with Crippen molar-refractivity contribution in [3.63, 3.8) is 0 Å². The van der Waals surface area contributed by atoms with E-state index in [1.807, 2.05) is 17.5 Å². The molecule has 2 heterocycles. The molecule has 1 nitrogen and oxygen atoms in total. The average molecular weight is 482 g/mol. The molecule has 0 unspecified atom stereocenters. The Kier molecular flexibility index (Phi) is 5.49. The lowest BCUT2D eigenvalue weighted by molar-refractivity contribution is 0.596. The zero-order chi connectivity index (χ0) is 24.4. The van der Waals surface area contributed by atoms with Gasteiger partial charge in [-0.05, 0) is 56.6 Å². The van der Waals surface area contributed by atoms with Gasteiger partial charge in [0.1, 0.15) is 0 Å². The maximum Gasteiger partial charge on any atom is 0.0880 e. The van der Waals surface area contributed by atoms with Gasteiger partial charge >= 0.3 is 0 Å². The molecule has 3 heteroatoms. The molecule has 3 aromatic carbocycles. The summed E-state index contributed by atoms with van der Waals surface area (Å²) in [6, 6.07) is 20.4. The van der Waals surface area contributed by atoms with Gasteiger partial charge in [0.15, 0.2) is 0 Å². The molecule has 0 aliphatic heterocycles. The van der Waals surface area contributed by atoms with Crippen molar-refractivity contribution >= 4 is 55.5 Å². The number of hydrogen-bond acceptors (Lipinski definition) is 2. The highest BCUT2D eigenvalue weighted by Gasteiger charge is 2.27.